The number of urea groups is 1. The van der Waals surface area contributed by atoms with Gasteiger partial charge in [-0.05, 0) is 50.4 Å². The van der Waals surface area contributed by atoms with Crippen molar-refractivity contribution in [1.29, 1.82) is 0 Å². The summed E-state index contributed by atoms with van der Waals surface area (Å²) in [5.74, 6) is -0.0658. The fourth-order valence-corrected chi connectivity index (χ4v) is 3.11. The molecule has 1 unspecified atom stereocenters. The van der Waals surface area contributed by atoms with Gasteiger partial charge in [-0.25, -0.2) is 9.59 Å². The molecule has 120 valence electrons. The fourth-order valence-electron chi connectivity index (χ4n) is 3.11. The Morgan fingerprint density at radius 3 is 2.57 bits per heavy atom. The van der Waals surface area contributed by atoms with Gasteiger partial charge in [-0.2, -0.15) is 0 Å². The van der Waals surface area contributed by atoms with Gasteiger partial charge in [0.25, 0.3) is 0 Å². The molecule has 0 aromatic rings. The second kappa shape index (κ2) is 7.11. The number of carbonyl (C=O) groups excluding carboxylic acids is 1. The van der Waals surface area contributed by atoms with Crippen LogP contribution in [0.2, 0.25) is 0 Å². The Hall–Kier alpha value is -1.30. The summed E-state index contributed by atoms with van der Waals surface area (Å²) in [7, 11) is 0. The van der Waals surface area contributed by atoms with Crippen LogP contribution in [0.15, 0.2) is 0 Å². The van der Waals surface area contributed by atoms with Gasteiger partial charge in [0, 0.05) is 13.2 Å². The second-order valence-electron chi connectivity index (χ2n) is 6.49. The average Bonchev–Trinajstić information content (AvgIpc) is 2.48. The molecular formula is C15H26N2O4. The molecule has 2 fully saturated rings. The summed E-state index contributed by atoms with van der Waals surface area (Å²) in [6.07, 6.45) is 4.74. The molecule has 1 aliphatic heterocycles. The van der Waals surface area contributed by atoms with E-state index < -0.39 is 11.5 Å². The summed E-state index contributed by atoms with van der Waals surface area (Å²) in [4.78, 5) is 23.6. The molecule has 1 saturated carbocycles. The molecule has 2 amide bonds. The monoisotopic (exact) mass is 298 g/mol. The maximum atomic E-state index is 12.0. The second-order valence-corrected chi connectivity index (χ2v) is 6.49. The van der Waals surface area contributed by atoms with E-state index >= 15 is 0 Å². The van der Waals surface area contributed by atoms with Crippen molar-refractivity contribution in [3.63, 3.8) is 0 Å². The molecule has 0 radical (unpaired) electrons. The summed E-state index contributed by atoms with van der Waals surface area (Å²) < 4.78 is 5.37. The third-order valence-corrected chi connectivity index (χ3v) is 4.70. The lowest BCUT2D eigenvalue weighted by Crippen LogP contribution is -2.59. The van der Waals surface area contributed by atoms with Crippen molar-refractivity contribution in [2.45, 2.75) is 51.0 Å². The first-order valence-electron chi connectivity index (χ1n) is 7.89. The van der Waals surface area contributed by atoms with Crippen LogP contribution in [-0.4, -0.2) is 42.4 Å². The predicted molar refractivity (Wildman–Crippen MR) is 78.1 cm³/mol. The number of amides is 2. The largest absolute Gasteiger partial charge is 0.480 e. The van der Waals surface area contributed by atoms with Crippen molar-refractivity contribution in [3.8, 4) is 0 Å². The van der Waals surface area contributed by atoms with Crippen LogP contribution in [0.4, 0.5) is 4.79 Å². The molecule has 3 N–H and O–H groups in total. The third-order valence-electron chi connectivity index (χ3n) is 4.70. The van der Waals surface area contributed by atoms with Gasteiger partial charge >= 0.3 is 12.0 Å². The average molecular weight is 298 g/mol. The summed E-state index contributed by atoms with van der Waals surface area (Å²) in [6.45, 7) is 4.12. The van der Waals surface area contributed by atoms with E-state index in [1.165, 1.54) is 0 Å². The van der Waals surface area contributed by atoms with Crippen molar-refractivity contribution in [1.82, 2.24) is 10.6 Å². The van der Waals surface area contributed by atoms with Gasteiger partial charge in [-0.3, -0.25) is 0 Å². The highest BCUT2D eigenvalue weighted by Crippen LogP contribution is 2.32. The van der Waals surface area contributed by atoms with E-state index in [0.29, 0.717) is 37.8 Å². The summed E-state index contributed by atoms with van der Waals surface area (Å²) in [5, 5.41) is 15.0. The molecule has 6 nitrogen and oxygen atoms in total. The number of hydrogen-bond acceptors (Lipinski definition) is 3. The predicted octanol–water partition coefficient (Wildman–Crippen LogP) is 1.75. The third kappa shape index (κ3) is 4.33. The quantitative estimate of drug-likeness (QED) is 0.738. The summed E-state index contributed by atoms with van der Waals surface area (Å²) in [6, 6.07) is -0.377. The van der Waals surface area contributed by atoms with E-state index in [2.05, 4.69) is 17.6 Å². The smallest absolute Gasteiger partial charge is 0.329 e. The van der Waals surface area contributed by atoms with Crippen LogP contribution in [0.25, 0.3) is 0 Å². The lowest BCUT2D eigenvalue weighted by Gasteiger charge is -2.36. The van der Waals surface area contributed by atoms with E-state index in [0.717, 1.165) is 32.3 Å². The van der Waals surface area contributed by atoms with Crippen LogP contribution in [0.3, 0.4) is 0 Å². The Morgan fingerprint density at radius 1 is 1.29 bits per heavy atom. The molecule has 0 spiro atoms. The Kier molecular flexibility index (Phi) is 5.45. The van der Waals surface area contributed by atoms with E-state index in [1.807, 2.05) is 0 Å². The molecule has 2 aliphatic rings. The zero-order chi connectivity index (χ0) is 15.3. The first-order chi connectivity index (χ1) is 10.0. The van der Waals surface area contributed by atoms with Crippen LogP contribution in [0.5, 0.6) is 0 Å². The van der Waals surface area contributed by atoms with Gasteiger partial charge in [0.05, 0.1) is 6.61 Å². The number of rotatable bonds is 4. The van der Waals surface area contributed by atoms with Crippen molar-refractivity contribution in [3.05, 3.63) is 0 Å². The van der Waals surface area contributed by atoms with E-state index in [-0.39, 0.29) is 6.03 Å². The lowest BCUT2D eigenvalue weighted by molar-refractivity contribution is -0.146. The zero-order valence-corrected chi connectivity index (χ0v) is 12.7. The van der Waals surface area contributed by atoms with Gasteiger partial charge in [-0.1, -0.05) is 6.92 Å². The molecule has 0 aromatic heterocycles. The number of aliphatic carboxylic acids is 1. The lowest BCUT2D eigenvalue weighted by atomic mass is 9.77. The van der Waals surface area contributed by atoms with E-state index in [9.17, 15) is 14.7 Å². The number of carbonyl (C=O) groups is 2. The number of hydrogen-bond donors (Lipinski definition) is 3. The maximum Gasteiger partial charge on any atom is 0.329 e. The zero-order valence-electron chi connectivity index (χ0n) is 12.7. The van der Waals surface area contributed by atoms with Gasteiger partial charge < -0.3 is 20.5 Å². The van der Waals surface area contributed by atoms with Crippen molar-refractivity contribution in [2.75, 3.05) is 19.8 Å². The first-order valence-corrected chi connectivity index (χ1v) is 7.89. The van der Waals surface area contributed by atoms with Crippen molar-refractivity contribution >= 4 is 12.0 Å². The van der Waals surface area contributed by atoms with E-state index in [4.69, 9.17) is 4.74 Å². The van der Waals surface area contributed by atoms with Crippen molar-refractivity contribution in [2.24, 2.45) is 11.8 Å². The summed E-state index contributed by atoms with van der Waals surface area (Å²) >= 11 is 0. The Bertz CT molecular complexity index is 372. The molecule has 1 atom stereocenters. The number of carboxylic acids is 1. The topological polar surface area (TPSA) is 87.7 Å². The first kappa shape index (κ1) is 16.1. The molecule has 6 heteroatoms. The minimum atomic E-state index is -1.10. The highest BCUT2D eigenvalue weighted by atomic mass is 16.5. The van der Waals surface area contributed by atoms with Crippen LogP contribution in [0.1, 0.15) is 45.4 Å². The van der Waals surface area contributed by atoms with Gasteiger partial charge in [0.1, 0.15) is 5.54 Å². The summed E-state index contributed by atoms with van der Waals surface area (Å²) in [5.41, 5.74) is -1.10. The van der Waals surface area contributed by atoms with E-state index in [1.54, 1.807) is 0 Å². The van der Waals surface area contributed by atoms with Crippen molar-refractivity contribution < 1.29 is 19.4 Å². The van der Waals surface area contributed by atoms with Gasteiger partial charge in [0.15, 0.2) is 0 Å². The Balaban J connectivity index is 1.82. The van der Waals surface area contributed by atoms with Gasteiger partial charge in [-0.15, -0.1) is 0 Å². The highest BCUT2D eigenvalue weighted by molar-refractivity contribution is 5.86. The van der Waals surface area contributed by atoms with Crippen LogP contribution >= 0.6 is 0 Å². The van der Waals surface area contributed by atoms with Gasteiger partial charge in [0.2, 0.25) is 0 Å². The molecule has 1 aliphatic carbocycles. The van der Waals surface area contributed by atoms with Crippen LogP contribution in [-0.2, 0) is 9.53 Å². The molecule has 21 heavy (non-hydrogen) atoms. The van der Waals surface area contributed by atoms with Crippen LogP contribution < -0.4 is 10.6 Å². The fraction of sp³-hybridized carbons (Fsp3) is 0.867. The molecule has 1 saturated heterocycles. The molecule has 2 rings (SSSR count). The minimum absolute atomic E-state index is 0.330. The SMILES string of the molecule is CC1CCC(NC(=O)NCC2CCCOC2)(C(=O)O)CC1. The Labute approximate surface area is 125 Å². The molecule has 1 heterocycles. The minimum Gasteiger partial charge on any atom is -0.480 e. The Morgan fingerprint density at radius 2 is 2.00 bits per heavy atom. The maximum absolute atomic E-state index is 12.0. The number of carboxylic acid groups (broad SMARTS) is 1. The van der Waals surface area contributed by atoms with Crippen LogP contribution in [0, 0.1) is 11.8 Å². The highest BCUT2D eigenvalue weighted by Gasteiger charge is 2.42. The molecule has 0 aromatic carbocycles. The molecule has 0 bridgehead atoms. The standard InChI is InChI=1S/C15H26N2O4/c1-11-4-6-15(7-5-11,13(18)19)17-14(20)16-9-12-3-2-8-21-10-12/h11-12H,2-10H2,1H3,(H,18,19)(H2,16,17,20). The molecular weight excluding hydrogens is 272 g/mol. The normalized spacial score (nSPS) is 33.2. The number of nitrogens with one attached hydrogen (secondary N) is 2. The number of ether oxygens (including phenoxy) is 1.